The van der Waals surface area contributed by atoms with Crippen LogP contribution >= 0.6 is 11.3 Å². The number of hydrogen-bond acceptors (Lipinski definition) is 4. The number of aryl methyl sites for hydroxylation is 1. The van der Waals surface area contributed by atoms with Gasteiger partial charge in [0.1, 0.15) is 5.76 Å². The number of likely N-dealkylation sites (tertiary alicyclic amines) is 1. The Bertz CT molecular complexity index is 806. The van der Waals surface area contributed by atoms with Crippen LogP contribution in [0.15, 0.2) is 47.4 Å². The first-order valence-corrected chi connectivity index (χ1v) is 9.31. The molecule has 1 amide bonds. The van der Waals surface area contributed by atoms with Crippen LogP contribution in [0.5, 0.6) is 0 Å². The second-order valence-corrected chi connectivity index (χ2v) is 7.21. The maximum absolute atomic E-state index is 12.7. The number of nitrogens with zero attached hydrogens (tertiary/aromatic N) is 1. The summed E-state index contributed by atoms with van der Waals surface area (Å²) in [5.41, 5.74) is 1.81. The highest BCUT2D eigenvalue weighted by molar-refractivity contribution is 7.10. The second kappa shape index (κ2) is 7.23. The number of unbranched alkanes of at least 4 members (excludes halogenated alkanes) is 1. The van der Waals surface area contributed by atoms with Gasteiger partial charge in [-0.2, -0.15) is 0 Å². The fourth-order valence-corrected chi connectivity index (χ4v) is 3.89. The number of Topliss-reactive ketones (excluding diaryl/α,β-unsaturated/α-hetero) is 1. The topological polar surface area (TPSA) is 57.6 Å². The number of ketones is 1. The van der Waals surface area contributed by atoms with Crippen LogP contribution in [0.4, 0.5) is 0 Å². The third kappa shape index (κ3) is 3.24. The van der Waals surface area contributed by atoms with Crippen molar-refractivity contribution in [1.82, 2.24) is 4.90 Å². The fraction of sp³-hybridized carbons (Fsp3) is 0.300. The minimum absolute atomic E-state index is 0.101. The summed E-state index contributed by atoms with van der Waals surface area (Å²) in [7, 11) is 0. The number of hydrogen-bond donors (Lipinski definition) is 1. The SMILES string of the molecule is CCCCN1C(=O)C(=O)/C(=C(\O)c2ccc(C)cc2)C1c1cccs1. The molecule has 2 aromatic rings. The molecule has 1 aliphatic rings. The molecule has 4 nitrogen and oxygen atoms in total. The minimum atomic E-state index is -0.604. The van der Waals surface area contributed by atoms with Gasteiger partial charge in [0.25, 0.3) is 11.7 Å². The normalized spacial score (nSPS) is 19.6. The molecule has 2 heterocycles. The molecule has 1 atom stereocenters. The zero-order valence-corrected chi connectivity index (χ0v) is 15.2. The first-order chi connectivity index (χ1) is 12.0. The Morgan fingerprint density at radius 2 is 1.92 bits per heavy atom. The number of aliphatic hydroxyl groups excluding tert-OH is 1. The predicted molar refractivity (Wildman–Crippen MR) is 99.4 cm³/mol. The number of rotatable bonds is 5. The lowest BCUT2D eigenvalue weighted by molar-refractivity contribution is -0.139. The Morgan fingerprint density at radius 3 is 2.52 bits per heavy atom. The average molecular weight is 355 g/mol. The molecule has 130 valence electrons. The highest BCUT2D eigenvalue weighted by Crippen LogP contribution is 2.41. The lowest BCUT2D eigenvalue weighted by Crippen LogP contribution is -2.30. The van der Waals surface area contributed by atoms with Gasteiger partial charge in [0.05, 0.1) is 11.6 Å². The Balaban J connectivity index is 2.11. The number of carbonyl (C=O) groups is 2. The van der Waals surface area contributed by atoms with Gasteiger partial charge in [0.15, 0.2) is 0 Å². The van der Waals surface area contributed by atoms with Crippen molar-refractivity contribution >= 4 is 28.8 Å². The van der Waals surface area contributed by atoms with Crippen LogP contribution in [-0.2, 0) is 9.59 Å². The second-order valence-electron chi connectivity index (χ2n) is 6.23. The van der Waals surface area contributed by atoms with E-state index in [1.54, 1.807) is 17.0 Å². The van der Waals surface area contributed by atoms with Gasteiger partial charge in [-0.1, -0.05) is 49.2 Å². The molecule has 0 bridgehead atoms. The van der Waals surface area contributed by atoms with Crippen LogP contribution in [0.25, 0.3) is 5.76 Å². The molecule has 0 spiro atoms. The number of carbonyl (C=O) groups excluding carboxylic acids is 2. The molecule has 0 radical (unpaired) electrons. The summed E-state index contributed by atoms with van der Waals surface area (Å²) in [4.78, 5) is 27.7. The smallest absolute Gasteiger partial charge is 0.295 e. The molecule has 1 fully saturated rings. The zero-order chi connectivity index (χ0) is 18.0. The number of benzene rings is 1. The number of thiophene rings is 1. The predicted octanol–water partition coefficient (Wildman–Crippen LogP) is 4.28. The zero-order valence-electron chi connectivity index (χ0n) is 14.4. The van der Waals surface area contributed by atoms with Gasteiger partial charge >= 0.3 is 0 Å². The van der Waals surface area contributed by atoms with Crippen molar-refractivity contribution < 1.29 is 14.7 Å². The van der Waals surface area contributed by atoms with Crippen LogP contribution in [0.2, 0.25) is 0 Å². The van der Waals surface area contributed by atoms with E-state index in [9.17, 15) is 14.7 Å². The standard InChI is InChI=1S/C20H21NO3S/c1-3-4-11-21-17(15-6-5-12-25-15)16(19(23)20(21)24)18(22)14-9-7-13(2)8-10-14/h5-10,12,17,22H,3-4,11H2,1-2H3/b18-16-. The first-order valence-electron chi connectivity index (χ1n) is 8.43. The fourth-order valence-electron chi connectivity index (χ4n) is 3.05. The highest BCUT2D eigenvalue weighted by atomic mass is 32.1. The van der Waals surface area contributed by atoms with Gasteiger partial charge < -0.3 is 10.0 Å². The van der Waals surface area contributed by atoms with Gasteiger partial charge in [0.2, 0.25) is 0 Å². The van der Waals surface area contributed by atoms with Crippen LogP contribution in [0.1, 0.15) is 41.8 Å². The number of aliphatic hydroxyl groups is 1. The van der Waals surface area contributed by atoms with E-state index in [0.717, 1.165) is 23.3 Å². The molecular formula is C20H21NO3S. The summed E-state index contributed by atoms with van der Waals surface area (Å²) < 4.78 is 0. The molecule has 0 aliphatic carbocycles. The molecule has 3 rings (SSSR count). The minimum Gasteiger partial charge on any atom is -0.507 e. The molecular weight excluding hydrogens is 334 g/mol. The molecule has 1 aromatic heterocycles. The van der Waals surface area contributed by atoms with E-state index < -0.39 is 17.7 Å². The average Bonchev–Trinajstić information content (AvgIpc) is 3.21. The summed E-state index contributed by atoms with van der Waals surface area (Å²) in [6, 6.07) is 10.6. The van der Waals surface area contributed by atoms with Crippen LogP contribution < -0.4 is 0 Å². The van der Waals surface area contributed by atoms with Gasteiger partial charge in [0, 0.05) is 17.0 Å². The van der Waals surface area contributed by atoms with Crippen molar-refractivity contribution in [2.24, 2.45) is 0 Å². The van der Waals surface area contributed by atoms with Gasteiger partial charge in [-0.25, -0.2) is 0 Å². The van der Waals surface area contributed by atoms with E-state index in [0.29, 0.717) is 12.1 Å². The van der Waals surface area contributed by atoms with Crippen LogP contribution in [-0.4, -0.2) is 28.2 Å². The quantitative estimate of drug-likeness (QED) is 0.495. The third-order valence-corrected chi connectivity index (χ3v) is 5.35. The molecule has 1 N–H and O–H groups in total. The van der Waals surface area contributed by atoms with Gasteiger partial charge in [-0.05, 0) is 24.8 Å². The summed E-state index contributed by atoms with van der Waals surface area (Å²) in [5.74, 6) is -1.23. The van der Waals surface area contributed by atoms with E-state index in [4.69, 9.17) is 0 Å². The summed E-state index contributed by atoms with van der Waals surface area (Å²) in [6.45, 7) is 4.51. The largest absolute Gasteiger partial charge is 0.507 e. The number of amides is 1. The van der Waals surface area contributed by atoms with Crippen LogP contribution in [0, 0.1) is 6.92 Å². The summed E-state index contributed by atoms with van der Waals surface area (Å²) >= 11 is 1.49. The van der Waals surface area contributed by atoms with E-state index in [1.165, 1.54) is 11.3 Å². The van der Waals surface area contributed by atoms with E-state index in [-0.39, 0.29) is 11.3 Å². The van der Waals surface area contributed by atoms with Crippen LogP contribution in [0.3, 0.4) is 0 Å². The van der Waals surface area contributed by atoms with E-state index >= 15 is 0 Å². The maximum Gasteiger partial charge on any atom is 0.295 e. The Kier molecular flexibility index (Phi) is 5.04. The third-order valence-electron chi connectivity index (χ3n) is 4.43. The lowest BCUT2D eigenvalue weighted by Gasteiger charge is -2.23. The molecule has 5 heteroatoms. The first kappa shape index (κ1) is 17.4. The Labute approximate surface area is 151 Å². The van der Waals surface area contributed by atoms with Crippen molar-refractivity contribution in [1.29, 1.82) is 0 Å². The van der Waals surface area contributed by atoms with Crippen molar-refractivity contribution in [3.8, 4) is 0 Å². The molecule has 1 aromatic carbocycles. The molecule has 1 unspecified atom stereocenters. The van der Waals surface area contributed by atoms with Crippen molar-refractivity contribution in [2.45, 2.75) is 32.7 Å². The highest BCUT2D eigenvalue weighted by Gasteiger charge is 2.46. The summed E-state index contributed by atoms with van der Waals surface area (Å²) in [6.07, 6.45) is 1.75. The van der Waals surface area contributed by atoms with Crippen molar-refractivity contribution in [3.63, 3.8) is 0 Å². The molecule has 0 saturated carbocycles. The van der Waals surface area contributed by atoms with E-state index in [2.05, 4.69) is 0 Å². The van der Waals surface area contributed by atoms with Crippen molar-refractivity contribution in [2.75, 3.05) is 6.54 Å². The molecule has 25 heavy (non-hydrogen) atoms. The molecule has 1 aliphatic heterocycles. The van der Waals surface area contributed by atoms with Gasteiger partial charge in [-0.3, -0.25) is 9.59 Å². The monoisotopic (exact) mass is 355 g/mol. The Morgan fingerprint density at radius 1 is 1.20 bits per heavy atom. The van der Waals surface area contributed by atoms with Gasteiger partial charge in [-0.15, -0.1) is 11.3 Å². The maximum atomic E-state index is 12.7. The van der Waals surface area contributed by atoms with Crippen molar-refractivity contribution in [3.05, 3.63) is 63.4 Å². The lowest BCUT2D eigenvalue weighted by atomic mass is 9.99. The molecule has 1 saturated heterocycles. The Hall–Kier alpha value is -2.40. The van der Waals surface area contributed by atoms with E-state index in [1.807, 2.05) is 43.5 Å². The summed E-state index contributed by atoms with van der Waals surface area (Å²) in [5, 5.41) is 12.7.